The van der Waals surface area contributed by atoms with E-state index in [0.717, 1.165) is 5.56 Å². The molecule has 0 unspecified atom stereocenters. The van der Waals surface area contributed by atoms with Crippen molar-refractivity contribution in [3.63, 3.8) is 0 Å². The van der Waals surface area contributed by atoms with Gasteiger partial charge in [-0.15, -0.1) is 0 Å². The van der Waals surface area contributed by atoms with Crippen LogP contribution in [-0.2, 0) is 25.7 Å². The maximum atomic E-state index is 11.6. The van der Waals surface area contributed by atoms with Crippen molar-refractivity contribution in [2.45, 2.75) is 19.1 Å². The first-order chi connectivity index (χ1) is 10.5. The molecule has 0 saturated heterocycles. The Kier molecular flexibility index (Phi) is 7.18. The standard InChI is InChI=1S/C15H17NO6/c1-2-8-21-14(19)12(9-13(17)18)16-15(20)22-10-11-6-4-3-5-7-11/h2-7,12H,1,8-10H2,(H,16,20)(H,17,18)/t12-/m0/s1. The number of hydrogen-bond donors (Lipinski definition) is 2. The van der Waals surface area contributed by atoms with Crippen LogP contribution < -0.4 is 5.32 Å². The van der Waals surface area contributed by atoms with E-state index in [1.807, 2.05) is 6.07 Å². The third kappa shape index (κ3) is 6.56. The topological polar surface area (TPSA) is 102 Å². The Hall–Kier alpha value is -2.83. The van der Waals surface area contributed by atoms with Crippen LogP contribution in [0, 0.1) is 0 Å². The minimum atomic E-state index is -1.32. The molecule has 0 aliphatic carbocycles. The Morgan fingerprint density at radius 1 is 1.23 bits per heavy atom. The number of nitrogens with one attached hydrogen (secondary N) is 1. The number of carboxylic acid groups (broad SMARTS) is 1. The third-order valence-corrected chi connectivity index (χ3v) is 2.51. The predicted molar refractivity (Wildman–Crippen MR) is 77.0 cm³/mol. The van der Waals surface area contributed by atoms with Gasteiger partial charge in [0.15, 0.2) is 0 Å². The first-order valence-electron chi connectivity index (χ1n) is 6.49. The fourth-order valence-corrected chi connectivity index (χ4v) is 1.52. The normalized spacial score (nSPS) is 11.1. The highest BCUT2D eigenvalue weighted by Gasteiger charge is 2.25. The van der Waals surface area contributed by atoms with E-state index in [-0.39, 0.29) is 13.2 Å². The summed E-state index contributed by atoms with van der Waals surface area (Å²) in [4.78, 5) is 34.0. The Morgan fingerprint density at radius 3 is 2.50 bits per heavy atom. The van der Waals surface area contributed by atoms with Crippen LogP contribution in [0.5, 0.6) is 0 Å². The zero-order valence-corrected chi connectivity index (χ0v) is 11.9. The molecule has 0 aromatic heterocycles. The van der Waals surface area contributed by atoms with Gasteiger partial charge in [-0.1, -0.05) is 43.0 Å². The van der Waals surface area contributed by atoms with Gasteiger partial charge in [-0.3, -0.25) is 4.79 Å². The monoisotopic (exact) mass is 307 g/mol. The van der Waals surface area contributed by atoms with E-state index >= 15 is 0 Å². The van der Waals surface area contributed by atoms with E-state index in [4.69, 9.17) is 14.6 Å². The molecule has 0 aliphatic rings. The molecule has 0 fully saturated rings. The lowest BCUT2D eigenvalue weighted by Gasteiger charge is -2.15. The molecule has 0 aliphatic heterocycles. The van der Waals surface area contributed by atoms with E-state index in [1.54, 1.807) is 24.3 Å². The first-order valence-corrected chi connectivity index (χ1v) is 6.49. The molecule has 2 N–H and O–H groups in total. The molecule has 22 heavy (non-hydrogen) atoms. The Bertz CT molecular complexity index is 528. The lowest BCUT2D eigenvalue weighted by atomic mass is 10.2. The van der Waals surface area contributed by atoms with Crippen molar-refractivity contribution in [1.82, 2.24) is 5.32 Å². The summed E-state index contributed by atoms with van der Waals surface area (Å²) in [5.74, 6) is -2.11. The van der Waals surface area contributed by atoms with Gasteiger partial charge in [0.2, 0.25) is 0 Å². The smallest absolute Gasteiger partial charge is 0.408 e. The summed E-state index contributed by atoms with van der Waals surface area (Å²) in [6, 6.07) is 7.61. The molecular formula is C15H17NO6. The van der Waals surface area contributed by atoms with Crippen molar-refractivity contribution in [2.75, 3.05) is 6.61 Å². The molecule has 1 aromatic rings. The average Bonchev–Trinajstić information content (AvgIpc) is 2.50. The number of benzene rings is 1. The number of carbonyl (C=O) groups is 3. The molecule has 0 radical (unpaired) electrons. The maximum Gasteiger partial charge on any atom is 0.408 e. The minimum Gasteiger partial charge on any atom is -0.481 e. The van der Waals surface area contributed by atoms with Gasteiger partial charge in [0.05, 0.1) is 6.42 Å². The Morgan fingerprint density at radius 2 is 1.91 bits per heavy atom. The van der Waals surface area contributed by atoms with E-state index in [9.17, 15) is 14.4 Å². The Labute approximate surface area is 127 Å². The summed E-state index contributed by atoms with van der Waals surface area (Å²) in [6.07, 6.45) is -0.162. The van der Waals surface area contributed by atoms with Crippen LogP contribution in [0.4, 0.5) is 4.79 Å². The van der Waals surface area contributed by atoms with Gasteiger partial charge in [0, 0.05) is 0 Å². The first kappa shape index (κ1) is 17.2. The minimum absolute atomic E-state index is 0.00811. The van der Waals surface area contributed by atoms with Gasteiger partial charge in [-0.05, 0) is 5.56 Å². The SMILES string of the molecule is C=CCOC(=O)[C@H](CC(=O)O)NC(=O)OCc1ccccc1. The number of rotatable bonds is 8. The summed E-state index contributed by atoms with van der Waals surface area (Å²) in [6.45, 7) is 3.31. The van der Waals surface area contributed by atoms with Gasteiger partial charge in [0.1, 0.15) is 19.3 Å². The second-order valence-electron chi connectivity index (χ2n) is 4.28. The van der Waals surface area contributed by atoms with Crippen molar-refractivity contribution in [3.8, 4) is 0 Å². The number of alkyl carbamates (subject to hydrolysis) is 1. The molecule has 7 heteroatoms. The zero-order valence-electron chi connectivity index (χ0n) is 11.9. The number of ether oxygens (including phenoxy) is 2. The second kappa shape index (κ2) is 9.17. The third-order valence-electron chi connectivity index (χ3n) is 2.51. The highest BCUT2D eigenvalue weighted by atomic mass is 16.6. The number of amides is 1. The molecule has 1 aromatic carbocycles. The summed E-state index contributed by atoms with van der Waals surface area (Å²) in [7, 11) is 0. The lowest BCUT2D eigenvalue weighted by Crippen LogP contribution is -2.43. The summed E-state index contributed by atoms with van der Waals surface area (Å²) in [5, 5.41) is 10.9. The molecule has 7 nitrogen and oxygen atoms in total. The molecular weight excluding hydrogens is 290 g/mol. The van der Waals surface area contributed by atoms with Gasteiger partial charge in [0.25, 0.3) is 0 Å². The van der Waals surface area contributed by atoms with Gasteiger partial charge < -0.3 is 19.9 Å². The van der Waals surface area contributed by atoms with Gasteiger partial charge in [-0.2, -0.15) is 0 Å². The van der Waals surface area contributed by atoms with Crippen molar-refractivity contribution < 1.29 is 29.0 Å². The fourth-order valence-electron chi connectivity index (χ4n) is 1.52. The van der Waals surface area contributed by atoms with Crippen LogP contribution in [0.3, 0.4) is 0 Å². The molecule has 0 heterocycles. The van der Waals surface area contributed by atoms with Crippen molar-refractivity contribution in [1.29, 1.82) is 0 Å². The number of aliphatic carboxylic acids is 1. The summed E-state index contributed by atoms with van der Waals surface area (Å²) < 4.78 is 9.65. The quantitative estimate of drug-likeness (QED) is 0.557. The van der Waals surface area contributed by atoms with Crippen molar-refractivity contribution in [3.05, 3.63) is 48.6 Å². The predicted octanol–water partition coefficient (Wildman–Crippen LogP) is 1.49. The van der Waals surface area contributed by atoms with Crippen LogP contribution in [-0.4, -0.2) is 35.8 Å². The highest BCUT2D eigenvalue weighted by molar-refractivity contribution is 5.85. The second-order valence-corrected chi connectivity index (χ2v) is 4.28. The van der Waals surface area contributed by atoms with E-state index in [0.29, 0.717) is 0 Å². The van der Waals surface area contributed by atoms with Crippen LogP contribution >= 0.6 is 0 Å². The van der Waals surface area contributed by atoms with Crippen LogP contribution in [0.1, 0.15) is 12.0 Å². The number of carbonyl (C=O) groups excluding carboxylic acids is 2. The summed E-state index contributed by atoms with van der Waals surface area (Å²) in [5.41, 5.74) is 0.765. The van der Waals surface area contributed by atoms with E-state index < -0.39 is 30.5 Å². The number of carboxylic acids is 1. The van der Waals surface area contributed by atoms with Crippen molar-refractivity contribution in [2.24, 2.45) is 0 Å². The Balaban J connectivity index is 2.52. The largest absolute Gasteiger partial charge is 0.481 e. The van der Waals surface area contributed by atoms with Gasteiger partial charge in [-0.25, -0.2) is 9.59 Å². The van der Waals surface area contributed by atoms with Gasteiger partial charge >= 0.3 is 18.0 Å². The fraction of sp³-hybridized carbons (Fsp3) is 0.267. The lowest BCUT2D eigenvalue weighted by molar-refractivity contribution is -0.149. The zero-order chi connectivity index (χ0) is 16.4. The molecule has 1 atom stereocenters. The number of hydrogen-bond acceptors (Lipinski definition) is 5. The number of esters is 1. The van der Waals surface area contributed by atoms with Crippen molar-refractivity contribution >= 4 is 18.0 Å². The van der Waals surface area contributed by atoms with E-state index in [1.165, 1.54) is 6.08 Å². The highest BCUT2D eigenvalue weighted by Crippen LogP contribution is 2.02. The van der Waals surface area contributed by atoms with Crippen LogP contribution in [0.25, 0.3) is 0 Å². The maximum absolute atomic E-state index is 11.6. The molecule has 0 bridgehead atoms. The van der Waals surface area contributed by atoms with Crippen LogP contribution in [0.15, 0.2) is 43.0 Å². The molecule has 0 spiro atoms. The van der Waals surface area contributed by atoms with Crippen LogP contribution in [0.2, 0.25) is 0 Å². The average molecular weight is 307 g/mol. The molecule has 118 valence electrons. The molecule has 0 saturated carbocycles. The van der Waals surface area contributed by atoms with E-state index in [2.05, 4.69) is 11.9 Å². The molecule has 1 rings (SSSR count). The summed E-state index contributed by atoms with van der Waals surface area (Å²) >= 11 is 0. The molecule has 1 amide bonds.